The van der Waals surface area contributed by atoms with Crippen molar-refractivity contribution in [2.24, 2.45) is 0 Å². The van der Waals surface area contributed by atoms with Crippen LogP contribution in [0, 0.1) is 0 Å². The minimum Gasteiger partial charge on any atom is -0.383 e. The average Bonchev–Trinajstić information content (AvgIpc) is 2.39. The molecule has 4 nitrogen and oxygen atoms in total. The fourth-order valence-electron chi connectivity index (χ4n) is 1.62. The van der Waals surface area contributed by atoms with Crippen molar-refractivity contribution in [1.82, 2.24) is 10.6 Å². The van der Waals surface area contributed by atoms with E-state index in [4.69, 9.17) is 4.74 Å². The molecule has 0 heterocycles. The molecule has 20 heavy (non-hydrogen) atoms. The number of halogens is 3. The third kappa shape index (κ3) is 5.58. The fourth-order valence-corrected chi connectivity index (χ4v) is 1.62. The lowest BCUT2D eigenvalue weighted by Gasteiger charge is -2.21. The summed E-state index contributed by atoms with van der Waals surface area (Å²) in [5.41, 5.74) is 0.0738. The van der Waals surface area contributed by atoms with Gasteiger partial charge in [-0.05, 0) is 5.56 Å². The largest absolute Gasteiger partial charge is 0.407 e. The topological polar surface area (TPSA) is 50.4 Å². The summed E-state index contributed by atoms with van der Waals surface area (Å²) in [4.78, 5) is 11.4. The molecule has 0 radical (unpaired) electrons. The highest BCUT2D eigenvalue weighted by atomic mass is 19.4. The number of ether oxygens (including phenoxy) is 1. The Labute approximate surface area is 115 Å². The molecule has 0 fully saturated rings. The molecule has 0 aliphatic heterocycles. The van der Waals surface area contributed by atoms with Gasteiger partial charge in [0.15, 0.2) is 0 Å². The second-order valence-corrected chi connectivity index (χ2v) is 4.11. The number of carbonyl (C=O) groups excluding carboxylic acids is 1. The van der Waals surface area contributed by atoms with Crippen LogP contribution in [0.25, 0.3) is 0 Å². The van der Waals surface area contributed by atoms with Gasteiger partial charge in [-0.15, -0.1) is 0 Å². The van der Waals surface area contributed by atoms with Gasteiger partial charge in [0, 0.05) is 13.7 Å². The van der Waals surface area contributed by atoms with Gasteiger partial charge in [0.05, 0.1) is 13.2 Å². The first-order chi connectivity index (χ1) is 9.45. The van der Waals surface area contributed by atoms with Crippen molar-refractivity contribution < 1.29 is 22.7 Å². The van der Waals surface area contributed by atoms with Crippen LogP contribution in [-0.2, 0) is 9.53 Å². The molecule has 0 aromatic heterocycles. The van der Waals surface area contributed by atoms with Crippen LogP contribution >= 0.6 is 0 Å². The third-order valence-corrected chi connectivity index (χ3v) is 2.56. The Bertz CT molecular complexity index is 410. The number of nitrogens with one attached hydrogen (secondary N) is 2. The summed E-state index contributed by atoms with van der Waals surface area (Å²) in [5.74, 6) is -0.507. The Kier molecular flexibility index (Phi) is 6.47. The van der Waals surface area contributed by atoms with E-state index in [1.165, 1.54) is 31.4 Å². The summed E-state index contributed by atoms with van der Waals surface area (Å²) in [6.07, 6.45) is -4.46. The summed E-state index contributed by atoms with van der Waals surface area (Å²) in [7, 11) is 1.47. The Morgan fingerprint density at radius 3 is 2.50 bits per heavy atom. The number of benzene rings is 1. The van der Waals surface area contributed by atoms with Crippen molar-refractivity contribution in [2.75, 3.05) is 26.8 Å². The standard InChI is InChI=1S/C13H17F3N2O2/c1-20-8-7-17-11(19)9-18-12(13(14,15)16)10-5-3-2-4-6-10/h2-6,12,18H,7-9H2,1H3,(H,17,19). The first-order valence-corrected chi connectivity index (χ1v) is 6.06. The van der Waals surface area contributed by atoms with Crippen LogP contribution < -0.4 is 10.6 Å². The summed E-state index contributed by atoms with van der Waals surface area (Å²) in [6.45, 7) is 0.162. The lowest BCUT2D eigenvalue weighted by molar-refractivity contribution is -0.158. The number of alkyl halides is 3. The van der Waals surface area contributed by atoms with E-state index in [0.717, 1.165) is 0 Å². The SMILES string of the molecule is COCCNC(=O)CNC(c1ccccc1)C(F)(F)F. The smallest absolute Gasteiger partial charge is 0.383 e. The van der Waals surface area contributed by atoms with Crippen molar-refractivity contribution in [1.29, 1.82) is 0 Å². The van der Waals surface area contributed by atoms with Crippen LogP contribution in [0.4, 0.5) is 13.2 Å². The van der Waals surface area contributed by atoms with Crippen LogP contribution in [0.2, 0.25) is 0 Å². The third-order valence-electron chi connectivity index (χ3n) is 2.56. The van der Waals surface area contributed by atoms with Gasteiger partial charge in [-0.25, -0.2) is 0 Å². The van der Waals surface area contributed by atoms with Crippen molar-refractivity contribution in [3.8, 4) is 0 Å². The summed E-state index contributed by atoms with van der Waals surface area (Å²) >= 11 is 0. The second-order valence-electron chi connectivity index (χ2n) is 4.11. The van der Waals surface area contributed by atoms with Gasteiger partial charge in [0.25, 0.3) is 0 Å². The molecule has 1 rings (SSSR count). The van der Waals surface area contributed by atoms with Gasteiger partial charge >= 0.3 is 6.18 Å². The van der Waals surface area contributed by atoms with Gasteiger partial charge in [-0.2, -0.15) is 13.2 Å². The molecule has 0 saturated heterocycles. The van der Waals surface area contributed by atoms with Crippen LogP contribution in [0.3, 0.4) is 0 Å². The molecule has 0 aliphatic rings. The Morgan fingerprint density at radius 1 is 1.30 bits per heavy atom. The van der Waals surface area contributed by atoms with E-state index >= 15 is 0 Å². The molecule has 1 aromatic carbocycles. The van der Waals surface area contributed by atoms with Crippen LogP contribution in [0.15, 0.2) is 30.3 Å². The van der Waals surface area contributed by atoms with Crippen LogP contribution in [0.5, 0.6) is 0 Å². The quantitative estimate of drug-likeness (QED) is 0.751. The van der Waals surface area contributed by atoms with E-state index in [0.29, 0.717) is 6.61 Å². The minimum absolute atomic E-state index is 0.0738. The zero-order chi connectivity index (χ0) is 15.0. The molecule has 1 atom stereocenters. The molecule has 7 heteroatoms. The Hall–Kier alpha value is -1.60. The maximum atomic E-state index is 12.9. The van der Waals surface area contributed by atoms with Crippen molar-refractivity contribution >= 4 is 5.91 Å². The zero-order valence-electron chi connectivity index (χ0n) is 11.0. The monoisotopic (exact) mass is 290 g/mol. The molecular weight excluding hydrogens is 273 g/mol. The van der Waals surface area contributed by atoms with Gasteiger partial charge in [0.1, 0.15) is 6.04 Å². The van der Waals surface area contributed by atoms with Gasteiger partial charge < -0.3 is 10.1 Å². The van der Waals surface area contributed by atoms with E-state index in [1.54, 1.807) is 6.07 Å². The molecule has 112 valence electrons. The lowest BCUT2D eigenvalue weighted by atomic mass is 10.1. The van der Waals surface area contributed by atoms with E-state index in [9.17, 15) is 18.0 Å². The maximum absolute atomic E-state index is 12.9. The van der Waals surface area contributed by atoms with Crippen LogP contribution in [-0.4, -0.2) is 38.9 Å². The number of hydrogen-bond acceptors (Lipinski definition) is 3. The lowest BCUT2D eigenvalue weighted by Crippen LogP contribution is -2.41. The summed E-state index contributed by atoms with van der Waals surface area (Å²) in [6, 6.07) is 5.55. The molecule has 1 aromatic rings. The summed E-state index contributed by atoms with van der Waals surface area (Å²) in [5, 5.41) is 4.67. The Morgan fingerprint density at radius 2 is 1.95 bits per heavy atom. The molecule has 1 amide bonds. The van der Waals surface area contributed by atoms with Crippen LogP contribution in [0.1, 0.15) is 11.6 Å². The predicted molar refractivity (Wildman–Crippen MR) is 68.1 cm³/mol. The molecule has 0 spiro atoms. The van der Waals surface area contributed by atoms with Crippen molar-refractivity contribution in [3.63, 3.8) is 0 Å². The first-order valence-electron chi connectivity index (χ1n) is 6.06. The highest BCUT2D eigenvalue weighted by Crippen LogP contribution is 2.32. The highest BCUT2D eigenvalue weighted by molar-refractivity contribution is 5.78. The zero-order valence-corrected chi connectivity index (χ0v) is 11.0. The van der Waals surface area contributed by atoms with Gasteiger partial charge in [0.2, 0.25) is 5.91 Å². The predicted octanol–water partition coefficient (Wildman–Crippen LogP) is 1.64. The molecule has 2 N–H and O–H groups in total. The number of rotatable bonds is 7. The highest BCUT2D eigenvalue weighted by Gasteiger charge is 2.40. The molecule has 0 saturated carbocycles. The van der Waals surface area contributed by atoms with Crippen molar-refractivity contribution in [3.05, 3.63) is 35.9 Å². The molecule has 0 aliphatic carbocycles. The Balaban J connectivity index is 2.57. The number of carbonyl (C=O) groups is 1. The number of hydrogen-bond donors (Lipinski definition) is 2. The van der Waals surface area contributed by atoms with E-state index in [-0.39, 0.29) is 12.1 Å². The maximum Gasteiger partial charge on any atom is 0.407 e. The fraction of sp³-hybridized carbons (Fsp3) is 0.462. The number of methoxy groups -OCH3 is 1. The first kappa shape index (κ1) is 16.5. The van der Waals surface area contributed by atoms with E-state index < -0.39 is 24.7 Å². The van der Waals surface area contributed by atoms with Crippen molar-refractivity contribution in [2.45, 2.75) is 12.2 Å². The van der Waals surface area contributed by atoms with E-state index in [1.807, 2.05) is 0 Å². The normalized spacial score (nSPS) is 13.0. The average molecular weight is 290 g/mol. The summed E-state index contributed by atoms with van der Waals surface area (Å²) < 4.78 is 43.6. The minimum atomic E-state index is -4.46. The molecular formula is C13H17F3N2O2. The molecule has 0 bridgehead atoms. The van der Waals surface area contributed by atoms with Gasteiger partial charge in [-0.1, -0.05) is 30.3 Å². The number of amides is 1. The van der Waals surface area contributed by atoms with Gasteiger partial charge in [-0.3, -0.25) is 10.1 Å². The van der Waals surface area contributed by atoms with E-state index in [2.05, 4.69) is 10.6 Å². The second kappa shape index (κ2) is 7.86. The molecule has 1 unspecified atom stereocenters.